The summed E-state index contributed by atoms with van der Waals surface area (Å²) in [7, 11) is 1.82. The Kier molecular flexibility index (Phi) is 4.47. The Morgan fingerprint density at radius 3 is 2.93 bits per heavy atom. The summed E-state index contributed by atoms with van der Waals surface area (Å²) >= 11 is 1.34. The van der Waals surface area contributed by atoms with Gasteiger partial charge >= 0.3 is 5.97 Å². The monoisotopic (exact) mass is 382 g/mol. The van der Waals surface area contributed by atoms with E-state index in [1.54, 1.807) is 41.6 Å². The number of ether oxygens (including phenoxy) is 1. The Morgan fingerprint density at radius 1 is 1.30 bits per heavy atom. The topological polar surface area (TPSA) is 109 Å². The van der Waals surface area contributed by atoms with E-state index in [4.69, 9.17) is 9.26 Å². The van der Waals surface area contributed by atoms with Crippen molar-refractivity contribution >= 4 is 17.3 Å². The molecule has 0 fully saturated rings. The van der Waals surface area contributed by atoms with Crippen LogP contribution in [0.2, 0.25) is 0 Å². The van der Waals surface area contributed by atoms with E-state index in [1.807, 2.05) is 19.3 Å². The van der Waals surface area contributed by atoms with E-state index in [-0.39, 0.29) is 11.6 Å². The largest absolute Gasteiger partial charge is 0.448 e. The van der Waals surface area contributed by atoms with Crippen LogP contribution in [0, 0.1) is 0 Å². The minimum absolute atomic E-state index is 0.199. The van der Waals surface area contributed by atoms with Crippen molar-refractivity contribution in [2.45, 2.75) is 13.0 Å². The molecule has 0 spiro atoms. The quantitative estimate of drug-likeness (QED) is 0.485. The van der Waals surface area contributed by atoms with Gasteiger partial charge in [0.05, 0.1) is 6.20 Å². The van der Waals surface area contributed by atoms with E-state index < -0.39 is 12.1 Å². The van der Waals surface area contributed by atoms with Crippen LogP contribution in [0.3, 0.4) is 0 Å². The maximum absolute atomic E-state index is 12.4. The molecule has 0 aromatic carbocycles. The predicted molar refractivity (Wildman–Crippen MR) is 95.7 cm³/mol. The molecule has 136 valence electrons. The SMILES string of the molecule is CC(OC(=O)c1csc(-c2cnn(C)c2)n1)c1nc(-c2cccnc2)no1. The minimum atomic E-state index is -0.709. The Hall–Kier alpha value is -3.40. The van der Waals surface area contributed by atoms with Gasteiger partial charge in [-0.1, -0.05) is 5.16 Å². The summed E-state index contributed by atoms with van der Waals surface area (Å²) in [5, 5.41) is 10.3. The number of aromatic nitrogens is 6. The molecule has 0 radical (unpaired) electrons. The van der Waals surface area contributed by atoms with Crippen molar-refractivity contribution in [2.24, 2.45) is 7.05 Å². The van der Waals surface area contributed by atoms with Crippen LogP contribution in [-0.4, -0.2) is 35.9 Å². The van der Waals surface area contributed by atoms with Gasteiger partial charge in [0.25, 0.3) is 5.89 Å². The number of nitrogens with zero attached hydrogens (tertiary/aromatic N) is 6. The van der Waals surface area contributed by atoms with Crippen molar-refractivity contribution in [3.05, 3.63) is 53.9 Å². The molecule has 10 heteroatoms. The van der Waals surface area contributed by atoms with Gasteiger partial charge in [-0.3, -0.25) is 9.67 Å². The predicted octanol–water partition coefficient (Wildman–Crippen LogP) is 2.91. The summed E-state index contributed by atoms with van der Waals surface area (Å²) in [5.74, 6) is 0.0217. The van der Waals surface area contributed by atoms with Crippen LogP contribution >= 0.6 is 11.3 Å². The second-order valence-corrected chi connectivity index (χ2v) is 6.54. The smallest absolute Gasteiger partial charge is 0.358 e. The van der Waals surface area contributed by atoms with Crippen molar-refractivity contribution < 1.29 is 14.1 Å². The highest BCUT2D eigenvalue weighted by atomic mass is 32.1. The lowest BCUT2D eigenvalue weighted by molar-refractivity contribution is 0.0259. The summed E-state index contributed by atoms with van der Waals surface area (Å²) in [5.41, 5.74) is 1.77. The molecule has 27 heavy (non-hydrogen) atoms. The fraction of sp³-hybridized carbons (Fsp3) is 0.176. The van der Waals surface area contributed by atoms with E-state index in [2.05, 4.69) is 25.2 Å². The van der Waals surface area contributed by atoms with Crippen LogP contribution < -0.4 is 0 Å². The van der Waals surface area contributed by atoms with E-state index in [0.717, 1.165) is 5.56 Å². The molecule has 1 atom stereocenters. The maximum atomic E-state index is 12.4. The van der Waals surface area contributed by atoms with Crippen molar-refractivity contribution in [1.82, 2.24) is 29.9 Å². The third-order valence-electron chi connectivity index (χ3n) is 3.66. The number of carbonyl (C=O) groups is 1. The molecular formula is C17H14N6O3S. The van der Waals surface area contributed by atoms with Gasteiger partial charge in [0, 0.05) is 42.1 Å². The third kappa shape index (κ3) is 3.60. The van der Waals surface area contributed by atoms with E-state index in [1.165, 1.54) is 11.3 Å². The first-order chi connectivity index (χ1) is 13.1. The summed E-state index contributed by atoms with van der Waals surface area (Å²) < 4.78 is 12.3. The van der Waals surface area contributed by atoms with Crippen molar-refractivity contribution in [3.8, 4) is 22.0 Å². The van der Waals surface area contributed by atoms with Gasteiger partial charge < -0.3 is 9.26 Å². The van der Waals surface area contributed by atoms with Crippen LogP contribution in [0.4, 0.5) is 0 Å². The van der Waals surface area contributed by atoms with Gasteiger partial charge in [0.15, 0.2) is 11.8 Å². The lowest BCUT2D eigenvalue weighted by Crippen LogP contribution is -2.10. The van der Waals surface area contributed by atoms with Gasteiger partial charge in [-0.05, 0) is 19.1 Å². The zero-order valence-corrected chi connectivity index (χ0v) is 15.3. The minimum Gasteiger partial charge on any atom is -0.448 e. The van der Waals surface area contributed by atoms with Gasteiger partial charge in [-0.2, -0.15) is 10.1 Å². The molecule has 4 aromatic heterocycles. The molecule has 0 aliphatic carbocycles. The Labute approximate surface area is 157 Å². The average Bonchev–Trinajstić information content (AvgIpc) is 3.42. The number of hydrogen-bond donors (Lipinski definition) is 0. The summed E-state index contributed by atoms with van der Waals surface area (Å²) in [6, 6.07) is 3.59. The zero-order valence-electron chi connectivity index (χ0n) is 14.4. The van der Waals surface area contributed by atoms with Gasteiger partial charge in [-0.15, -0.1) is 11.3 Å². The van der Waals surface area contributed by atoms with Crippen LogP contribution in [0.25, 0.3) is 22.0 Å². The number of hydrogen-bond acceptors (Lipinski definition) is 9. The molecule has 0 aliphatic rings. The van der Waals surface area contributed by atoms with Crippen LogP contribution in [-0.2, 0) is 11.8 Å². The fourth-order valence-corrected chi connectivity index (χ4v) is 3.08. The normalized spacial score (nSPS) is 12.1. The number of aryl methyl sites for hydroxylation is 1. The molecule has 0 bridgehead atoms. The molecular weight excluding hydrogens is 368 g/mol. The Bertz CT molecular complexity index is 1070. The van der Waals surface area contributed by atoms with Crippen molar-refractivity contribution in [2.75, 3.05) is 0 Å². The first-order valence-electron chi connectivity index (χ1n) is 7.99. The highest BCUT2D eigenvalue weighted by Crippen LogP contribution is 2.25. The summed E-state index contributed by atoms with van der Waals surface area (Å²) in [4.78, 5) is 24.9. The van der Waals surface area contributed by atoms with E-state index in [9.17, 15) is 4.79 Å². The second kappa shape index (κ2) is 7.08. The lowest BCUT2D eigenvalue weighted by atomic mass is 10.3. The molecule has 4 rings (SSSR count). The van der Waals surface area contributed by atoms with Crippen molar-refractivity contribution in [1.29, 1.82) is 0 Å². The molecule has 1 unspecified atom stereocenters. The molecule has 0 saturated heterocycles. The van der Waals surface area contributed by atoms with Gasteiger partial charge in [0.2, 0.25) is 5.82 Å². The number of esters is 1. The zero-order chi connectivity index (χ0) is 18.8. The van der Waals surface area contributed by atoms with Crippen LogP contribution in [0.15, 0.2) is 46.8 Å². The van der Waals surface area contributed by atoms with Gasteiger partial charge in [-0.25, -0.2) is 9.78 Å². The Morgan fingerprint density at radius 2 is 2.19 bits per heavy atom. The summed E-state index contributed by atoms with van der Waals surface area (Å²) in [6.07, 6.45) is 6.09. The van der Waals surface area contributed by atoms with Crippen LogP contribution in [0.1, 0.15) is 29.4 Å². The van der Waals surface area contributed by atoms with E-state index in [0.29, 0.717) is 16.4 Å². The highest BCUT2D eigenvalue weighted by molar-refractivity contribution is 7.13. The average molecular weight is 382 g/mol. The maximum Gasteiger partial charge on any atom is 0.358 e. The molecule has 0 N–H and O–H groups in total. The number of carbonyl (C=O) groups excluding carboxylic acids is 1. The molecule has 9 nitrogen and oxygen atoms in total. The number of pyridine rings is 1. The molecule has 0 saturated carbocycles. The number of thiazole rings is 1. The molecule has 0 amide bonds. The lowest BCUT2D eigenvalue weighted by Gasteiger charge is -2.07. The van der Waals surface area contributed by atoms with Crippen molar-refractivity contribution in [3.63, 3.8) is 0 Å². The second-order valence-electron chi connectivity index (χ2n) is 5.69. The highest BCUT2D eigenvalue weighted by Gasteiger charge is 2.22. The first-order valence-corrected chi connectivity index (χ1v) is 8.87. The standard InChI is InChI=1S/C17H14N6O3S/c1-10(15-21-14(22-26-15)11-4-3-5-18-6-11)25-17(24)13-9-27-16(20-13)12-7-19-23(2)8-12/h3-10H,1-2H3. The summed E-state index contributed by atoms with van der Waals surface area (Å²) in [6.45, 7) is 1.66. The third-order valence-corrected chi connectivity index (χ3v) is 4.55. The first kappa shape index (κ1) is 17.0. The molecule has 4 aromatic rings. The van der Waals surface area contributed by atoms with E-state index >= 15 is 0 Å². The van der Waals surface area contributed by atoms with Crippen LogP contribution in [0.5, 0.6) is 0 Å². The molecule has 0 aliphatic heterocycles. The fourth-order valence-electron chi connectivity index (χ4n) is 2.32. The molecule has 4 heterocycles. The van der Waals surface area contributed by atoms with Gasteiger partial charge in [0.1, 0.15) is 5.01 Å². The Balaban J connectivity index is 1.45. The number of rotatable bonds is 5.